The van der Waals surface area contributed by atoms with Gasteiger partial charge in [0.25, 0.3) is 5.91 Å². The summed E-state index contributed by atoms with van der Waals surface area (Å²) >= 11 is 0. The smallest absolute Gasteiger partial charge is 0.259 e. The van der Waals surface area contributed by atoms with Gasteiger partial charge in [0.15, 0.2) is 0 Å². The number of halogens is 3. The molecule has 1 saturated carbocycles. The van der Waals surface area contributed by atoms with Crippen molar-refractivity contribution >= 4 is 16.8 Å². The minimum atomic E-state index is -0.665. The van der Waals surface area contributed by atoms with Crippen molar-refractivity contribution in [2.24, 2.45) is 0 Å². The van der Waals surface area contributed by atoms with Gasteiger partial charge in [-0.15, -0.1) is 0 Å². The third kappa shape index (κ3) is 3.80. The lowest BCUT2D eigenvalue weighted by molar-refractivity contribution is -0.167. The summed E-state index contributed by atoms with van der Waals surface area (Å²) in [6.07, 6.45) is 1.42. The minimum absolute atomic E-state index is 0.0489. The van der Waals surface area contributed by atoms with E-state index < -0.39 is 11.6 Å². The first-order valence-corrected chi connectivity index (χ1v) is 9.68. The van der Waals surface area contributed by atoms with Crippen LogP contribution in [0.2, 0.25) is 0 Å². The van der Waals surface area contributed by atoms with Crippen molar-refractivity contribution in [3.05, 3.63) is 59.4 Å². The van der Waals surface area contributed by atoms with Gasteiger partial charge in [-0.25, -0.2) is 18.2 Å². The van der Waals surface area contributed by atoms with Crippen molar-refractivity contribution < 1.29 is 22.8 Å². The van der Waals surface area contributed by atoms with Crippen molar-refractivity contribution in [2.45, 2.75) is 24.8 Å². The summed E-state index contributed by atoms with van der Waals surface area (Å²) in [6.45, 7) is 0.143. The first-order valence-electron chi connectivity index (χ1n) is 9.68. The number of aromatic nitrogens is 1. The number of fused-ring (bicyclic) bond motifs is 1. The quantitative estimate of drug-likeness (QED) is 0.594. The van der Waals surface area contributed by atoms with Crippen LogP contribution in [0.5, 0.6) is 0 Å². The number of hydrogen-bond acceptors (Lipinski definition) is 3. The molecule has 1 fully saturated rings. The second-order valence-electron chi connectivity index (χ2n) is 7.55. The number of carbonyl (C=O) groups excluding carboxylic acids is 1. The van der Waals surface area contributed by atoms with Crippen molar-refractivity contribution in [2.75, 3.05) is 20.7 Å². The van der Waals surface area contributed by atoms with Gasteiger partial charge >= 0.3 is 0 Å². The fraction of sp³-hybridized carbons (Fsp3) is 0.318. The van der Waals surface area contributed by atoms with E-state index in [1.54, 1.807) is 12.1 Å². The Bertz CT molecular complexity index is 1080. The van der Waals surface area contributed by atoms with E-state index in [-0.39, 0.29) is 35.7 Å². The van der Waals surface area contributed by atoms with Crippen LogP contribution in [-0.2, 0) is 9.63 Å². The maximum Gasteiger partial charge on any atom is 0.259 e. The molecule has 1 heterocycles. The van der Waals surface area contributed by atoms with Gasteiger partial charge in [-0.2, -0.15) is 0 Å². The summed E-state index contributed by atoms with van der Waals surface area (Å²) in [5.41, 5.74) is 2.41. The maximum absolute atomic E-state index is 14.4. The molecule has 0 spiro atoms. The summed E-state index contributed by atoms with van der Waals surface area (Å²) in [4.78, 5) is 19.8. The van der Waals surface area contributed by atoms with Crippen LogP contribution >= 0.6 is 0 Å². The molecule has 0 saturated heterocycles. The zero-order valence-electron chi connectivity index (χ0n) is 16.6. The molecule has 3 aromatic rings. The minimum Gasteiger partial charge on any atom is -0.352 e. The van der Waals surface area contributed by atoms with Gasteiger partial charge < -0.3 is 10.3 Å². The molecule has 0 radical (unpaired) electrons. The molecule has 1 aliphatic rings. The van der Waals surface area contributed by atoms with Crippen LogP contribution in [0.4, 0.5) is 13.2 Å². The van der Waals surface area contributed by atoms with E-state index in [0.717, 1.165) is 16.7 Å². The molecule has 5 nitrogen and oxygen atoms in total. The van der Waals surface area contributed by atoms with Crippen LogP contribution in [0.3, 0.4) is 0 Å². The average molecular weight is 417 g/mol. The van der Waals surface area contributed by atoms with Crippen molar-refractivity contribution in [3.8, 4) is 11.3 Å². The second kappa shape index (κ2) is 8.12. The van der Waals surface area contributed by atoms with E-state index in [1.165, 1.54) is 32.4 Å². The Hall–Kier alpha value is -2.84. The first kappa shape index (κ1) is 20.4. The molecule has 0 aliphatic heterocycles. The molecule has 1 aliphatic carbocycles. The Balaban J connectivity index is 1.61. The second-order valence-corrected chi connectivity index (χ2v) is 7.55. The lowest BCUT2D eigenvalue weighted by atomic mass is 9.74. The number of aromatic amines is 1. The molecule has 0 unspecified atom stereocenters. The molecular weight excluding hydrogens is 395 g/mol. The number of rotatable bonds is 6. The highest BCUT2D eigenvalue weighted by Crippen LogP contribution is 2.45. The summed E-state index contributed by atoms with van der Waals surface area (Å²) in [5, 5.41) is 4.83. The monoisotopic (exact) mass is 417 g/mol. The molecule has 1 amide bonds. The third-order valence-electron chi connectivity index (χ3n) is 5.71. The number of likely N-dealkylation sites (N-methyl/N-ethyl adjacent to an activating group) is 1. The van der Waals surface area contributed by atoms with Crippen LogP contribution < -0.4 is 5.32 Å². The standard InChI is InChI=1S/C22H22F3N3O2/c1-28(30-2)19(29)11-26-16-7-13(8-16)20-17-9-15(24)10-18(25)22(17)27-21(20)12-3-5-14(23)6-4-12/h3-6,9-10,13,16,26-27H,7-8,11H2,1-2H3. The molecule has 2 aromatic carbocycles. The molecule has 30 heavy (non-hydrogen) atoms. The highest BCUT2D eigenvalue weighted by Gasteiger charge is 2.35. The van der Waals surface area contributed by atoms with E-state index in [9.17, 15) is 18.0 Å². The Morgan fingerprint density at radius 3 is 2.53 bits per heavy atom. The Morgan fingerprint density at radius 1 is 1.17 bits per heavy atom. The number of amides is 1. The Labute approximate surface area is 171 Å². The number of hydrogen-bond donors (Lipinski definition) is 2. The number of benzene rings is 2. The van der Waals surface area contributed by atoms with Gasteiger partial charge in [0.05, 0.1) is 24.9 Å². The topological polar surface area (TPSA) is 57.4 Å². The highest BCUT2D eigenvalue weighted by atomic mass is 19.1. The number of nitrogens with zero attached hydrogens (tertiary/aromatic N) is 1. The number of hydroxylamine groups is 2. The molecule has 2 N–H and O–H groups in total. The normalized spacial score (nSPS) is 18.4. The SMILES string of the molecule is CON(C)C(=O)CNC1CC(c2c(-c3ccc(F)cc3)[nH]c3c(F)cc(F)cc23)C1. The molecule has 8 heteroatoms. The van der Waals surface area contributed by atoms with Crippen LogP contribution in [0.1, 0.15) is 24.3 Å². The predicted molar refractivity (Wildman–Crippen MR) is 107 cm³/mol. The van der Waals surface area contributed by atoms with Crippen LogP contribution in [0.15, 0.2) is 36.4 Å². The number of H-pyrrole nitrogens is 1. The van der Waals surface area contributed by atoms with Gasteiger partial charge in [-0.1, -0.05) is 0 Å². The predicted octanol–water partition coefficient (Wildman–Crippen LogP) is 4.11. The van der Waals surface area contributed by atoms with E-state index >= 15 is 0 Å². The Morgan fingerprint density at radius 2 is 1.87 bits per heavy atom. The molecule has 4 rings (SSSR count). The summed E-state index contributed by atoms with van der Waals surface area (Å²) in [7, 11) is 2.96. The largest absolute Gasteiger partial charge is 0.352 e. The zero-order chi connectivity index (χ0) is 21.4. The van der Waals surface area contributed by atoms with E-state index in [0.29, 0.717) is 29.5 Å². The van der Waals surface area contributed by atoms with Crippen molar-refractivity contribution in [1.82, 2.24) is 15.4 Å². The molecular formula is C22H22F3N3O2. The van der Waals surface area contributed by atoms with Crippen molar-refractivity contribution in [3.63, 3.8) is 0 Å². The van der Waals surface area contributed by atoms with Gasteiger partial charge in [-0.3, -0.25) is 9.63 Å². The molecule has 158 valence electrons. The van der Waals surface area contributed by atoms with Crippen molar-refractivity contribution in [1.29, 1.82) is 0 Å². The van der Waals surface area contributed by atoms with E-state index in [4.69, 9.17) is 4.84 Å². The molecule has 1 aromatic heterocycles. The van der Waals surface area contributed by atoms with Crippen LogP contribution in [-0.4, -0.2) is 42.7 Å². The maximum atomic E-state index is 14.4. The molecule has 0 atom stereocenters. The Kier molecular flexibility index (Phi) is 5.53. The fourth-order valence-electron chi connectivity index (χ4n) is 3.97. The summed E-state index contributed by atoms with van der Waals surface area (Å²) in [5.74, 6) is -1.82. The third-order valence-corrected chi connectivity index (χ3v) is 5.71. The van der Waals surface area contributed by atoms with Gasteiger partial charge in [-0.05, 0) is 60.2 Å². The number of carbonyl (C=O) groups is 1. The zero-order valence-corrected chi connectivity index (χ0v) is 16.6. The summed E-state index contributed by atoms with van der Waals surface area (Å²) < 4.78 is 41.7. The van der Waals surface area contributed by atoms with E-state index in [2.05, 4.69) is 10.3 Å². The number of nitrogens with one attached hydrogen (secondary N) is 2. The molecule has 0 bridgehead atoms. The van der Waals surface area contributed by atoms with E-state index in [1.807, 2.05) is 0 Å². The lowest BCUT2D eigenvalue weighted by Gasteiger charge is -2.37. The average Bonchev–Trinajstić information content (AvgIpc) is 3.06. The lowest BCUT2D eigenvalue weighted by Crippen LogP contribution is -2.45. The van der Waals surface area contributed by atoms with Crippen LogP contribution in [0.25, 0.3) is 22.2 Å². The van der Waals surface area contributed by atoms with Gasteiger partial charge in [0.1, 0.15) is 17.5 Å². The fourth-order valence-corrected chi connectivity index (χ4v) is 3.97. The van der Waals surface area contributed by atoms with Gasteiger partial charge in [0, 0.05) is 24.5 Å². The van der Waals surface area contributed by atoms with Crippen LogP contribution in [0, 0.1) is 17.5 Å². The highest BCUT2D eigenvalue weighted by molar-refractivity contribution is 5.92. The summed E-state index contributed by atoms with van der Waals surface area (Å²) in [6, 6.07) is 8.19. The first-order chi connectivity index (χ1) is 14.4. The van der Waals surface area contributed by atoms with Gasteiger partial charge in [0.2, 0.25) is 0 Å².